The Morgan fingerprint density at radius 2 is 2.50 bits per heavy atom. The van der Waals surface area contributed by atoms with Gasteiger partial charge < -0.3 is 11.1 Å². The summed E-state index contributed by atoms with van der Waals surface area (Å²) < 4.78 is 0. The molecule has 5 nitrogen and oxygen atoms in total. The lowest BCUT2D eigenvalue weighted by Crippen LogP contribution is -2.40. The number of carbonyl (C=O) groups excluding carboxylic acids is 1. The molecular formula is C11H18N4O. The molecule has 16 heavy (non-hydrogen) atoms. The van der Waals surface area contributed by atoms with Gasteiger partial charge in [0, 0.05) is 17.9 Å². The SMILES string of the molecule is NCC1CCCC1NC(=O)Cc1ccn[nH]1. The van der Waals surface area contributed by atoms with E-state index in [1.54, 1.807) is 6.20 Å². The van der Waals surface area contributed by atoms with Crippen molar-refractivity contribution in [3.8, 4) is 0 Å². The Hall–Kier alpha value is -1.36. The molecule has 1 amide bonds. The normalized spacial score (nSPS) is 24.6. The zero-order chi connectivity index (χ0) is 11.4. The minimum absolute atomic E-state index is 0.0506. The van der Waals surface area contributed by atoms with Crippen LogP contribution < -0.4 is 11.1 Å². The lowest BCUT2D eigenvalue weighted by molar-refractivity contribution is -0.121. The first-order chi connectivity index (χ1) is 7.79. The number of nitrogens with one attached hydrogen (secondary N) is 2. The monoisotopic (exact) mass is 222 g/mol. The molecule has 1 aromatic heterocycles. The second kappa shape index (κ2) is 5.12. The van der Waals surface area contributed by atoms with Crippen LogP contribution in [-0.4, -0.2) is 28.7 Å². The first kappa shape index (κ1) is 11.1. The van der Waals surface area contributed by atoms with E-state index in [9.17, 15) is 4.79 Å². The fourth-order valence-corrected chi connectivity index (χ4v) is 2.32. The number of nitrogens with two attached hydrogens (primary N) is 1. The predicted octanol–water partition coefficient (Wildman–Crippen LogP) is 0.196. The van der Waals surface area contributed by atoms with Gasteiger partial charge in [0.2, 0.25) is 5.91 Å². The summed E-state index contributed by atoms with van der Waals surface area (Å²) in [5, 5.41) is 9.65. The van der Waals surface area contributed by atoms with E-state index in [-0.39, 0.29) is 11.9 Å². The van der Waals surface area contributed by atoms with E-state index in [4.69, 9.17) is 5.73 Å². The standard InChI is InChI=1S/C11H18N4O/c12-7-8-2-1-3-10(8)14-11(16)6-9-4-5-13-15-9/h4-5,8,10H,1-3,6-7,12H2,(H,13,15)(H,14,16). The van der Waals surface area contributed by atoms with Crippen LogP contribution in [0.25, 0.3) is 0 Å². The zero-order valence-corrected chi connectivity index (χ0v) is 9.28. The summed E-state index contributed by atoms with van der Waals surface area (Å²) in [6.07, 6.45) is 5.37. The maximum Gasteiger partial charge on any atom is 0.226 e. The van der Waals surface area contributed by atoms with Gasteiger partial charge in [-0.2, -0.15) is 5.10 Å². The molecule has 1 heterocycles. The molecule has 1 aliphatic carbocycles. The molecule has 1 aliphatic rings. The lowest BCUT2D eigenvalue weighted by Gasteiger charge is -2.19. The van der Waals surface area contributed by atoms with E-state index in [2.05, 4.69) is 15.5 Å². The van der Waals surface area contributed by atoms with Gasteiger partial charge >= 0.3 is 0 Å². The van der Waals surface area contributed by atoms with Crippen LogP contribution >= 0.6 is 0 Å². The van der Waals surface area contributed by atoms with Gasteiger partial charge in [0.05, 0.1) is 6.42 Å². The van der Waals surface area contributed by atoms with Crippen molar-refractivity contribution in [3.63, 3.8) is 0 Å². The topological polar surface area (TPSA) is 83.8 Å². The Kier molecular flexibility index (Phi) is 3.56. The average molecular weight is 222 g/mol. The largest absolute Gasteiger partial charge is 0.353 e. The quantitative estimate of drug-likeness (QED) is 0.680. The molecule has 2 rings (SSSR count). The highest BCUT2D eigenvalue weighted by Crippen LogP contribution is 2.24. The molecule has 0 saturated heterocycles. The first-order valence-corrected chi connectivity index (χ1v) is 5.77. The van der Waals surface area contributed by atoms with Crippen LogP contribution in [0.1, 0.15) is 25.0 Å². The predicted molar refractivity (Wildman–Crippen MR) is 60.6 cm³/mol. The summed E-state index contributed by atoms with van der Waals surface area (Å²) in [7, 11) is 0. The molecule has 0 radical (unpaired) electrons. The smallest absolute Gasteiger partial charge is 0.226 e. The number of rotatable bonds is 4. The van der Waals surface area contributed by atoms with Crippen LogP contribution in [0, 0.1) is 5.92 Å². The number of carbonyl (C=O) groups is 1. The van der Waals surface area contributed by atoms with Crippen LogP contribution in [-0.2, 0) is 11.2 Å². The third kappa shape index (κ3) is 2.61. The number of nitrogens with zero attached hydrogens (tertiary/aromatic N) is 1. The van der Waals surface area contributed by atoms with E-state index in [0.717, 1.165) is 25.0 Å². The van der Waals surface area contributed by atoms with Crippen LogP contribution in [0.5, 0.6) is 0 Å². The van der Waals surface area contributed by atoms with Gasteiger partial charge in [0.1, 0.15) is 0 Å². The minimum atomic E-state index is 0.0506. The Balaban J connectivity index is 1.83. The summed E-state index contributed by atoms with van der Waals surface area (Å²) in [4.78, 5) is 11.7. The summed E-state index contributed by atoms with van der Waals surface area (Å²) >= 11 is 0. The van der Waals surface area contributed by atoms with E-state index in [1.165, 1.54) is 0 Å². The number of hydrogen-bond acceptors (Lipinski definition) is 3. The molecule has 5 heteroatoms. The minimum Gasteiger partial charge on any atom is -0.353 e. The molecule has 0 aliphatic heterocycles. The summed E-state index contributed by atoms with van der Waals surface area (Å²) in [6.45, 7) is 0.662. The molecule has 2 unspecified atom stereocenters. The van der Waals surface area contributed by atoms with Gasteiger partial charge in [-0.15, -0.1) is 0 Å². The maximum atomic E-state index is 11.7. The van der Waals surface area contributed by atoms with Crippen molar-refractivity contribution >= 4 is 5.91 Å². The van der Waals surface area contributed by atoms with Crippen LogP contribution in [0.4, 0.5) is 0 Å². The van der Waals surface area contributed by atoms with Crippen LogP contribution in [0.15, 0.2) is 12.3 Å². The van der Waals surface area contributed by atoms with Crippen molar-refractivity contribution in [3.05, 3.63) is 18.0 Å². The molecule has 0 aromatic carbocycles. The van der Waals surface area contributed by atoms with Gasteiger partial charge in [-0.3, -0.25) is 9.89 Å². The van der Waals surface area contributed by atoms with Crippen molar-refractivity contribution in [2.75, 3.05) is 6.54 Å². The van der Waals surface area contributed by atoms with Crippen molar-refractivity contribution in [2.45, 2.75) is 31.7 Å². The third-order valence-corrected chi connectivity index (χ3v) is 3.22. The Morgan fingerprint density at radius 1 is 1.62 bits per heavy atom. The third-order valence-electron chi connectivity index (χ3n) is 3.22. The molecule has 0 bridgehead atoms. The van der Waals surface area contributed by atoms with Crippen molar-refractivity contribution in [1.29, 1.82) is 0 Å². The van der Waals surface area contributed by atoms with Crippen molar-refractivity contribution in [2.24, 2.45) is 11.7 Å². The van der Waals surface area contributed by atoms with Gasteiger partial charge in [0.25, 0.3) is 0 Å². The van der Waals surface area contributed by atoms with Crippen LogP contribution in [0.2, 0.25) is 0 Å². The number of hydrogen-bond donors (Lipinski definition) is 3. The zero-order valence-electron chi connectivity index (χ0n) is 9.28. The second-order valence-corrected chi connectivity index (χ2v) is 4.36. The van der Waals surface area contributed by atoms with Crippen molar-refractivity contribution < 1.29 is 4.79 Å². The number of aromatic nitrogens is 2. The molecule has 88 valence electrons. The molecule has 1 aromatic rings. The van der Waals surface area contributed by atoms with Gasteiger partial charge in [-0.1, -0.05) is 6.42 Å². The summed E-state index contributed by atoms with van der Waals surface area (Å²) in [5.74, 6) is 0.500. The van der Waals surface area contributed by atoms with Gasteiger partial charge in [-0.05, 0) is 31.4 Å². The Labute approximate surface area is 94.8 Å². The summed E-state index contributed by atoms with van der Waals surface area (Å²) in [6, 6.07) is 2.08. The molecule has 2 atom stereocenters. The summed E-state index contributed by atoms with van der Waals surface area (Å²) in [5.41, 5.74) is 6.52. The Bertz CT molecular complexity index is 336. The second-order valence-electron chi connectivity index (χ2n) is 4.36. The highest BCUT2D eigenvalue weighted by atomic mass is 16.1. The van der Waals surface area contributed by atoms with Crippen molar-refractivity contribution in [1.82, 2.24) is 15.5 Å². The molecule has 4 N–H and O–H groups in total. The van der Waals surface area contributed by atoms with E-state index in [0.29, 0.717) is 18.9 Å². The van der Waals surface area contributed by atoms with E-state index in [1.807, 2.05) is 6.07 Å². The maximum absolute atomic E-state index is 11.7. The van der Waals surface area contributed by atoms with Crippen LogP contribution in [0.3, 0.4) is 0 Å². The average Bonchev–Trinajstić information content (AvgIpc) is 2.88. The fraction of sp³-hybridized carbons (Fsp3) is 0.636. The Morgan fingerprint density at radius 3 is 3.19 bits per heavy atom. The highest BCUT2D eigenvalue weighted by Gasteiger charge is 2.27. The number of amides is 1. The van der Waals surface area contributed by atoms with E-state index < -0.39 is 0 Å². The lowest BCUT2D eigenvalue weighted by atomic mass is 10.0. The van der Waals surface area contributed by atoms with Gasteiger partial charge in [0.15, 0.2) is 0 Å². The van der Waals surface area contributed by atoms with Gasteiger partial charge in [-0.25, -0.2) is 0 Å². The number of aromatic amines is 1. The number of H-pyrrole nitrogens is 1. The fourth-order valence-electron chi connectivity index (χ4n) is 2.32. The molecule has 1 fully saturated rings. The molecule has 1 saturated carbocycles. The highest BCUT2D eigenvalue weighted by molar-refractivity contribution is 5.78. The van der Waals surface area contributed by atoms with E-state index >= 15 is 0 Å². The molecular weight excluding hydrogens is 204 g/mol. The first-order valence-electron chi connectivity index (χ1n) is 5.77. The molecule has 0 spiro atoms.